The van der Waals surface area contributed by atoms with Crippen molar-refractivity contribution >= 4 is 28.9 Å². The molecule has 0 aromatic heterocycles. The highest BCUT2D eigenvalue weighted by molar-refractivity contribution is 6.30. The molecule has 1 fully saturated rings. The summed E-state index contributed by atoms with van der Waals surface area (Å²) in [6.45, 7) is 2.70. The third kappa shape index (κ3) is 4.59. The van der Waals surface area contributed by atoms with E-state index >= 15 is 0 Å². The zero-order valence-corrected chi connectivity index (χ0v) is 17.6. The minimum Gasteiger partial charge on any atom is -0.480 e. The molecule has 4 rings (SSSR count). The highest BCUT2D eigenvalue weighted by Crippen LogP contribution is 2.37. The van der Waals surface area contributed by atoms with Gasteiger partial charge in [-0.05, 0) is 87.0 Å². The van der Waals surface area contributed by atoms with Crippen LogP contribution < -0.4 is 4.90 Å². The van der Waals surface area contributed by atoms with Gasteiger partial charge >= 0.3 is 5.97 Å². The number of anilines is 2. The maximum Gasteiger partial charge on any atom is 0.320 e. The standard InChI is InChI=1S/C24H29ClN2O2/c25-20-12-13-22-19(17-20)11-10-18-7-1-2-8-21(18)27(22)16-6-5-15-26-14-4-3-9-23(26)24(28)29/h1-2,7-8,12-13,17,23H,3-6,9-11,14-16H2,(H,28,29)/t23-/m1/s1. The third-order valence-electron chi connectivity index (χ3n) is 6.25. The molecule has 0 saturated carbocycles. The molecule has 154 valence electrons. The number of unbranched alkanes of at least 4 members (excludes halogenated alkanes) is 1. The molecule has 0 amide bonds. The molecule has 2 aliphatic rings. The largest absolute Gasteiger partial charge is 0.480 e. The summed E-state index contributed by atoms with van der Waals surface area (Å²) >= 11 is 6.27. The number of hydrogen-bond acceptors (Lipinski definition) is 3. The minimum atomic E-state index is -0.669. The summed E-state index contributed by atoms with van der Waals surface area (Å²) in [5.74, 6) is -0.669. The van der Waals surface area contributed by atoms with Gasteiger partial charge in [0, 0.05) is 22.9 Å². The molecule has 0 spiro atoms. The number of piperidine rings is 1. The van der Waals surface area contributed by atoms with Crippen LogP contribution in [0.5, 0.6) is 0 Å². The van der Waals surface area contributed by atoms with Crippen molar-refractivity contribution in [1.29, 1.82) is 0 Å². The smallest absolute Gasteiger partial charge is 0.320 e. The maximum absolute atomic E-state index is 11.5. The minimum absolute atomic E-state index is 0.300. The lowest BCUT2D eigenvalue weighted by atomic mass is 10.0. The van der Waals surface area contributed by atoms with Crippen molar-refractivity contribution in [2.24, 2.45) is 0 Å². The number of rotatable bonds is 6. The van der Waals surface area contributed by atoms with Gasteiger partial charge in [-0.15, -0.1) is 0 Å². The van der Waals surface area contributed by atoms with Gasteiger partial charge in [-0.2, -0.15) is 0 Å². The van der Waals surface area contributed by atoms with E-state index < -0.39 is 5.97 Å². The topological polar surface area (TPSA) is 43.8 Å². The number of nitrogens with zero attached hydrogens (tertiary/aromatic N) is 2. The molecule has 0 radical (unpaired) electrons. The first kappa shape index (κ1) is 20.2. The number of para-hydroxylation sites is 1. The zero-order valence-electron chi connectivity index (χ0n) is 16.8. The number of carboxylic acids is 1. The molecular weight excluding hydrogens is 384 g/mol. The Morgan fingerprint density at radius 2 is 1.76 bits per heavy atom. The summed E-state index contributed by atoms with van der Waals surface area (Å²) in [5, 5.41) is 10.3. The molecule has 2 heterocycles. The van der Waals surface area contributed by atoms with Crippen molar-refractivity contribution in [2.45, 2.75) is 51.0 Å². The van der Waals surface area contributed by atoms with Gasteiger partial charge in [0.2, 0.25) is 0 Å². The van der Waals surface area contributed by atoms with Crippen LogP contribution in [0.2, 0.25) is 5.02 Å². The molecule has 1 atom stereocenters. The lowest BCUT2D eigenvalue weighted by Gasteiger charge is -2.33. The van der Waals surface area contributed by atoms with Crippen LogP contribution in [-0.2, 0) is 17.6 Å². The van der Waals surface area contributed by atoms with Gasteiger partial charge in [-0.25, -0.2) is 0 Å². The number of carbonyl (C=O) groups is 1. The van der Waals surface area contributed by atoms with Gasteiger partial charge in [0.15, 0.2) is 0 Å². The van der Waals surface area contributed by atoms with Crippen LogP contribution in [0, 0.1) is 0 Å². The van der Waals surface area contributed by atoms with Crippen LogP contribution in [0.4, 0.5) is 11.4 Å². The van der Waals surface area contributed by atoms with Gasteiger partial charge in [-0.1, -0.05) is 36.2 Å². The number of hydrogen-bond donors (Lipinski definition) is 1. The molecule has 29 heavy (non-hydrogen) atoms. The Balaban J connectivity index is 1.46. The van der Waals surface area contributed by atoms with Crippen LogP contribution in [0.1, 0.15) is 43.2 Å². The molecule has 4 nitrogen and oxygen atoms in total. The second-order valence-corrected chi connectivity index (χ2v) is 8.58. The van der Waals surface area contributed by atoms with E-state index in [4.69, 9.17) is 11.6 Å². The van der Waals surface area contributed by atoms with E-state index in [2.05, 4.69) is 46.2 Å². The normalized spacial score (nSPS) is 19.3. The van der Waals surface area contributed by atoms with Crippen molar-refractivity contribution < 1.29 is 9.90 Å². The first-order valence-electron chi connectivity index (χ1n) is 10.7. The molecule has 0 aliphatic carbocycles. The summed E-state index contributed by atoms with van der Waals surface area (Å²) in [5.41, 5.74) is 5.22. The van der Waals surface area contributed by atoms with Crippen LogP contribution >= 0.6 is 11.6 Å². The Morgan fingerprint density at radius 3 is 2.62 bits per heavy atom. The lowest BCUT2D eigenvalue weighted by Crippen LogP contribution is -2.45. The SMILES string of the molecule is O=C(O)[C@H]1CCCCN1CCCCN1c2ccccc2CCc2cc(Cl)ccc21. The average Bonchev–Trinajstić information content (AvgIpc) is 2.88. The van der Waals surface area contributed by atoms with Crippen molar-refractivity contribution in [2.75, 3.05) is 24.5 Å². The summed E-state index contributed by atoms with van der Waals surface area (Å²) in [6, 6.07) is 14.6. The van der Waals surface area contributed by atoms with Crippen molar-refractivity contribution in [3.63, 3.8) is 0 Å². The molecule has 2 aliphatic heterocycles. The Bertz CT molecular complexity index is 870. The fourth-order valence-electron chi connectivity index (χ4n) is 4.77. The van der Waals surface area contributed by atoms with E-state index in [0.717, 1.165) is 69.6 Å². The number of aryl methyl sites for hydroxylation is 2. The number of likely N-dealkylation sites (tertiary alicyclic amines) is 1. The number of benzene rings is 2. The zero-order chi connectivity index (χ0) is 20.2. The highest BCUT2D eigenvalue weighted by Gasteiger charge is 2.28. The van der Waals surface area contributed by atoms with Crippen LogP contribution in [0.25, 0.3) is 0 Å². The Morgan fingerprint density at radius 1 is 1.00 bits per heavy atom. The van der Waals surface area contributed by atoms with E-state index in [9.17, 15) is 9.90 Å². The summed E-state index contributed by atoms with van der Waals surface area (Å²) in [4.78, 5) is 16.1. The molecule has 0 unspecified atom stereocenters. The summed E-state index contributed by atoms with van der Waals surface area (Å²) in [6.07, 6.45) is 6.97. The first-order valence-corrected chi connectivity index (χ1v) is 11.1. The average molecular weight is 413 g/mol. The Hall–Kier alpha value is -2.04. The van der Waals surface area contributed by atoms with E-state index in [1.54, 1.807) is 0 Å². The summed E-state index contributed by atoms with van der Waals surface area (Å²) < 4.78 is 0. The fourth-order valence-corrected chi connectivity index (χ4v) is 4.96. The molecule has 1 saturated heterocycles. The summed E-state index contributed by atoms with van der Waals surface area (Å²) in [7, 11) is 0. The van der Waals surface area contributed by atoms with Gasteiger partial charge in [0.1, 0.15) is 6.04 Å². The molecular formula is C24H29ClN2O2. The van der Waals surface area contributed by atoms with Gasteiger partial charge in [0.25, 0.3) is 0 Å². The maximum atomic E-state index is 11.5. The van der Waals surface area contributed by atoms with Crippen LogP contribution in [0.3, 0.4) is 0 Å². The monoisotopic (exact) mass is 412 g/mol. The number of aliphatic carboxylic acids is 1. The van der Waals surface area contributed by atoms with E-state index in [1.165, 1.54) is 22.5 Å². The van der Waals surface area contributed by atoms with Gasteiger partial charge in [0.05, 0.1) is 0 Å². The Kier molecular flexibility index (Phi) is 6.41. The number of halogens is 1. The fraction of sp³-hybridized carbons (Fsp3) is 0.458. The van der Waals surface area contributed by atoms with E-state index in [-0.39, 0.29) is 6.04 Å². The van der Waals surface area contributed by atoms with Crippen molar-refractivity contribution in [1.82, 2.24) is 4.90 Å². The third-order valence-corrected chi connectivity index (χ3v) is 6.49. The van der Waals surface area contributed by atoms with E-state index in [1.807, 2.05) is 6.07 Å². The van der Waals surface area contributed by atoms with Crippen LogP contribution in [-0.4, -0.2) is 41.7 Å². The number of fused-ring (bicyclic) bond motifs is 2. The molecule has 5 heteroatoms. The molecule has 0 bridgehead atoms. The Labute approximate surface area is 178 Å². The van der Waals surface area contributed by atoms with Crippen molar-refractivity contribution in [3.05, 3.63) is 58.6 Å². The number of carboxylic acid groups (broad SMARTS) is 1. The second kappa shape index (κ2) is 9.19. The van der Waals surface area contributed by atoms with Crippen molar-refractivity contribution in [3.8, 4) is 0 Å². The van der Waals surface area contributed by atoms with Gasteiger partial charge < -0.3 is 10.0 Å². The molecule has 2 aromatic carbocycles. The first-order chi connectivity index (χ1) is 14.1. The van der Waals surface area contributed by atoms with Gasteiger partial charge in [-0.3, -0.25) is 9.69 Å². The van der Waals surface area contributed by atoms with E-state index in [0.29, 0.717) is 0 Å². The quantitative estimate of drug-likeness (QED) is 0.654. The highest BCUT2D eigenvalue weighted by atomic mass is 35.5. The lowest BCUT2D eigenvalue weighted by molar-refractivity contribution is -0.144. The molecule has 1 N–H and O–H groups in total. The predicted molar refractivity (Wildman–Crippen MR) is 118 cm³/mol. The molecule has 2 aromatic rings. The second-order valence-electron chi connectivity index (χ2n) is 8.15. The predicted octanol–water partition coefficient (Wildman–Crippen LogP) is 5.30. The van der Waals surface area contributed by atoms with Crippen LogP contribution in [0.15, 0.2) is 42.5 Å².